The highest BCUT2D eigenvalue weighted by Crippen LogP contribution is 2.33. The van der Waals surface area contributed by atoms with E-state index < -0.39 is 5.92 Å². The number of phenolic OH excluding ortho intramolecular Hbond substituents is 1. The van der Waals surface area contributed by atoms with Gasteiger partial charge in [0.1, 0.15) is 5.75 Å². The Morgan fingerprint density at radius 3 is 2.25 bits per heavy atom. The molecule has 1 atom stereocenters. The summed E-state index contributed by atoms with van der Waals surface area (Å²) in [4.78, 5) is 25.7. The van der Waals surface area contributed by atoms with Crippen molar-refractivity contribution >= 4 is 17.5 Å². The molecule has 1 saturated heterocycles. The van der Waals surface area contributed by atoms with Gasteiger partial charge in [0.15, 0.2) is 0 Å². The van der Waals surface area contributed by atoms with E-state index in [9.17, 15) is 14.7 Å². The third-order valence-electron chi connectivity index (χ3n) is 3.46. The van der Waals surface area contributed by atoms with Crippen LogP contribution < -0.4 is 4.90 Å². The molecule has 1 fully saturated rings. The standard InChI is InChI=1S/C16H13NO3/c18-13-8-6-12(7-9-13)17-15(19)10-14(16(17)20)11-4-2-1-3-5-11/h1-9,14,18H,10H2. The molecule has 100 valence electrons. The van der Waals surface area contributed by atoms with Crippen LogP contribution in [-0.4, -0.2) is 16.9 Å². The number of amides is 2. The first-order chi connectivity index (χ1) is 9.66. The zero-order valence-corrected chi connectivity index (χ0v) is 10.7. The number of aromatic hydroxyl groups is 1. The number of carbonyl (C=O) groups is 2. The molecule has 1 unspecified atom stereocenters. The zero-order chi connectivity index (χ0) is 14.1. The van der Waals surface area contributed by atoms with Crippen molar-refractivity contribution in [2.45, 2.75) is 12.3 Å². The van der Waals surface area contributed by atoms with Gasteiger partial charge in [0.2, 0.25) is 11.8 Å². The molecular weight excluding hydrogens is 254 g/mol. The molecule has 2 amide bonds. The largest absolute Gasteiger partial charge is 0.508 e. The van der Waals surface area contributed by atoms with E-state index in [1.807, 2.05) is 30.3 Å². The van der Waals surface area contributed by atoms with Crippen molar-refractivity contribution in [1.82, 2.24) is 0 Å². The molecule has 0 aromatic heterocycles. The summed E-state index contributed by atoms with van der Waals surface area (Å²) < 4.78 is 0. The van der Waals surface area contributed by atoms with Gasteiger partial charge in [-0.25, -0.2) is 0 Å². The fourth-order valence-corrected chi connectivity index (χ4v) is 2.45. The SMILES string of the molecule is O=C1CC(c2ccccc2)C(=O)N1c1ccc(O)cc1. The van der Waals surface area contributed by atoms with Gasteiger partial charge in [0, 0.05) is 6.42 Å². The van der Waals surface area contributed by atoms with Crippen LogP contribution in [0.25, 0.3) is 0 Å². The lowest BCUT2D eigenvalue weighted by molar-refractivity contribution is -0.121. The highest BCUT2D eigenvalue weighted by molar-refractivity contribution is 6.22. The highest BCUT2D eigenvalue weighted by Gasteiger charge is 2.40. The van der Waals surface area contributed by atoms with E-state index in [1.54, 1.807) is 12.1 Å². The van der Waals surface area contributed by atoms with Gasteiger partial charge in [-0.1, -0.05) is 30.3 Å². The fraction of sp³-hybridized carbons (Fsp3) is 0.125. The van der Waals surface area contributed by atoms with Crippen LogP contribution in [0.5, 0.6) is 5.75 Å². The molecule has 1 aliphatic heterocycles. The molecule has 0 bridgehead atoms. The summed E-state index contributed by atoms with van der Waals surface area (Å²) in [6, 6.07) is 15.4. The minimum Gasteiger partial charge on any atom is -0.508 e. The second-order valence-electron chi connectivity index (χ2n) is 4.75. The van der Waals surface area contributed by atoms with E-state index in [4.69, 9.17) is 0 Å². The van der Waals surface area contributed by atoms with E-state index in [0.717, 1.165) is 5.56 Å². The lowest BCUT2D eigenvalue weighted by Gasteiger charge is -2.15. The molecule has 0 aliphatic carbocycles. The maximum atomic E-state index is 12.4. The first-order valence-corrected chi connectivity index (χ1v) is 6.37. The van der Waals surface area contributed by atoms with Crippen LogP contribution in [-0.2, 0) is 9.59 Å². The predicted octanol–water partition coefficient (Wildman–Crippen LogP) is 2.44. The van der Waals surface area contributed by atoms with Crippen LogP contribution >= 0.6 is 0 Å². The van der Waals surface area contributed by atoms with Gasteiger partial charge in [-0.05, 0) is 29.8 Å². The molecule has 1 heterocycles. The van der Waals surface area contributed by atoms with Crippen LogP contribution in [0, 0.1) is 0 Å². The normalized spacial score (nSPS) is 18.6. The monoisotopic (exact) mass is 267 g/mol. The molecule has 20 heavy (non-hydrogen) atoms. The Kier molecular flexibility index (Phi) is 2.99. The minimum atomic E-state index is -0.419. The molecule has 4 heteroatoms. The molecule has 0 saturated carbocycles. The van der Waals surface area contributed by atoms with Crippen molar-refractivity contribution in [3.63, 3.8) is 0 Å². The summed E-state index contributed by atoms with van der Waals surface area (Å²) in [5.74, 6) is -0.744. The number of nitrogens with zero attached hydrogens (tertiary/aromatic N) is 1. The Balaban J connectivity index is 1.93. The molecule has 1 N–H and O–H groups in total. The number of carbonyl (C=O) groups excluding carboxylic acids is 2. The Hall–Kier alpha value is -2.62. The molecule has 0 spiro atoms. The summed E-state index contributed by atoms with van der Waals surface area (Å²) >= 11 is 0. The molecule has 3 rings (SSSR count). The third kappa shape index (κ3) is 2.05. The van der Waals surface area contributed by atoms with Crippen molar-refractivity contribution < 1.29 is 14.7 Å². The number of phenols is 1. The molecule has 0 radical (unpaired) electrons. The number of rotatable bonds is 2. The van der Waals surface area contributed by atoms with Crippen LogP contribution in [0.1, 0.15) is 17.9 Å². The summed E-state index contributed by atoms with van der Waals surface area (Å²) in [6.07, 6.45) is 0.184. The Morgan fingerprint density at radius 2 is 1.60 bits per heavy atom. The molecule has 1 aliphatic rings. The fourth-order valence-electron chi connectivity index (χ4n) is 2.45. The Morgan fingerprint density at radius 1 is 0.950 bits per heavy atom. The number of imide groups is 1. The van der Waals surface area contributed by atoms with Crippen LogP contribution in [0.4, 0.5) is 5.69 Å². The second kappa shape index (κ2) is 4.81. The maximum absolute atomic E-state index is 12.4. The lowest BCUT2D eigenvalue weighted by Crippen LogP contribution is -2.29. The van der Waals surface area contributed by atoms with Crippen molar-refractivity contribution in [2.24, 2.45) is 0 Å². The summed E-state index contributed by atoms with van der Waals surface area (Å²) in [5, 5.41) is 9.27. The summed E-state index contributed by atoms with van der Waals surface area (Å²) in [5.41, 5.74) is 1.35. The summed E-state index contributed by atoms with van der Waals surface area (Å²) in [7, 11) is 0. The average Bonchev–Trinajstić information content (AvgIpc) is 2.76. The average molecular weight is 267 g/mol. The van der Waals surface area contributed by atoms with Gasteiger partial charge < -0.3 is 5.11 Å². The maximum Gasteiger partial charge on any atom is 0.241 e. The van der Waals surface area contributed by atoms with Crippen LogP contribution in [0.3, 0.4) is 0 Å². The second-order valence-corrected chi connectivity index (χ2v) is 4.75. The Bertz CT molecular complexity index is 649. The van der Waals surface area contributed by atoms with E-state index >= 15 is 0 Å². The first-order valence-electron chi connectivity index (χ1n) is 6.37. The van der Waals surface area contributed by atoms with Gasteiger partial charge in [-0.15, -0.1) is 0 Å². The molecular formula is C16H13NO3. The van der Waals surface area contributed by atoms with Gasteiger partial charge in [-0.3, -0.25) is 14.5 Å². The van der Waals surface area contributed by atoms with Crippen molar-refractivity contribution in [3.05, 3.63) is 60.2 Å². The Labute approximate surface area is 116 Å². The predicted molar refractivity (Wildman–Crippen MR) is 74.4 cm³/mol. The van der Waals surface area contributed by atoms with Gasteiger partial charge in [-0.2, -0.15) is 0 Å². The number of hydrogen-bond donors (Lipinski definition) is 1. The highest BCUT2D eigenvalue weighted by atomic mass is 16.3. The van der Waals surface area contributed by atoms with Crippen molar-refractivity contribution in [2.75, 3.05) is 4.90 Å². The van der Waals surface area contributed by atoms with Crippen LogP contribution in [0.15, 0.2) is 54.6 Å². The molecule has 2 aromatic carbocycles. The smallest absolute Gasteiger partial charge is 0.241 e. The van der Waals surface area contributed by atoms with E-state index in [1.165, 1.54) is 17.0 Å². The minimum absolute atomic E-state index is 0.104. The number of benzene rings is 2. The molecule has 4 nitrogen and oxygen atoms in total. The van der Waals surface area contributed by atoms with Gasteiger partial charge >= 0.3 is 0 Å². The number of hydrogen-bond acceptors (Lipinski definition) is 3. The molecule has 2 aromatic rings. The zero-order valence-electron chi connectivity index (χ0n) is 10.7. The lowest BCUT2D eigenvalue weighted by atomic mass is 9.98. The number of anilines is 1. The van der Waals surface area contributed by atoms with Crippen molar-refractivity contribution in [3.8, 4) is 5.75 Å². The third-order valence-corrected chi connectivity index (χ3v) is 3.46. The van der Waals surface area contributed by atoms with E-state index in [0.29, 0.717) is 5.69 Å². The van der Waals surface area contributed by atoms with Gasteiger partial charge in [0.05, 0.1) is 11.6 Å². The van der Waals surface area contributed by atoms with Crippen LogP contribution in [0.2, 0.25) is 0 Å². The first kappa shape index (κ1) is 12.4. The van der Waals surface area contributed by atoms with E-state index in [2.05, 4.69) is 0 Å². The quantitative estimate of drug-likeness (QED) is 0.850. The summed E-state index contributed by atoms with van der Waals surface area (Å²) in [6.45, 7) is 0. The van der Waals surface area contributed by atoms with Gasteiger partial charge in [0.25, 0.3) is 0 Å². The van der Waals surface area contributed by atoms with E-state index in [-0.39, 0.29) is 24.0 Å². The topological polar surface area (TPSA) is 57.6 Å². The van der Waals surface area contributed by atoms with Crippen molar-refractivity contribution in [1.29, 1.82) is 0 Å².